The van der Waals surface area contributed by atoms with Crippen LogP contribution in [-0.4, -0.2) is 49.3 Å². The summed E-state index contributed by atoms with van der Waals surface area (Å²) in [5, 5.41) is 0. The van der Waals surface area contributed by atoms with Gasteiger partial charge < -0.3 is 20.1 Å². The molecule has 0 aliphatic carbocycles. The van der Waals surface area contributed by atoms with Gasteiger partial charge in [0.25, 0.3) is 0 Å². The Morgan fingerprint density at radius 2 is 0.627 bits per heavy atom. The van der Waals surface area contributed by atoms with E-state index in [9.17, 15) is 19.0 Å². The minimum absolute atomic E-state index is 0.0558. The third-order valence-electron chi connectivity index (χ3n) is 16.5. The van der Waals surface area contributed by atoms with Crippen LogP contribution in [0.25, 0.3) is 0 Å². The Morgan fingerprint density at radius 3 is 0.928 bits per heavy atom. The van der Waals surface area contributed by atoms with Crippen molar-refractivity contribution in [2.24, 2.45) is 5.73 Å². The van der Waals surface area contributed by atoms with Gasteiger partial charge >= 0.3 is 19.8 Å². The van der Waals surface area contributed by atoms with Gasteiger partial charge in [0.15, 0.2) is 6.10 Å². The van der Waals surface area contributed by atoms with Crippen molar-refractivity contribution < 1.29 is 37.6 Å². The second kappa shape index (κ2) is 69.3. The van der Waals surface area contributed by atoms with Gasteiger partial charge in [-0.3, -0.25) is 18.6 Å². The van der Waals surface area contributed by atoms with Gasteiger partial charge in [0.2, 0.25) is 0 Å². The van der Waals surface area contributed by atoms with Crippen LogP contribution in [0.3, 0.4) is 0 Å². The fourth-order valence-electron chi connectivity index (χ4n) is 11.1. The number of allylic oxidation sites excluding steroid dienone is 6. The fraction of sp³-hybridized carbons (Fsp3) is 0.890. The van der Waals surface area contributed by atoms with Gasteiger partial charge in [0, 0.05) is 19.4 Å². The van der Waals surface area contributed by atoms with E-state index in [4.69, 9.17) is 24.3 Å². The monoisotopic (exact) mass is 1190 g/mol. The second-order valence-electron chi connectivity index (χ2n) is 24.8. The highest BCUT2D eigenvalue weighted by atomic mass is 31.2. The van der Waals surface area contributed by atoms with E-state index >= 15 is 0 Å². The van der Waals surface area contributed by atoms with Crippen LogP contribution in [0.5, 0.6) is 0 Å². The Balaban J connectivity index is 3.74. The lowest BCUT2D eigenvalue weighted by atomic mass is 10.0. The number of carbonyl (C=O) groups excluding carboxylic acids is 2. The van der Waals surface area contributed by atoms with Crippen molar-refractivity contribution in [2.75, 3.05) is 26.4 Å². The number of nitrogens with two attached hydrogens (primary N) is 1. The summed E-state index contributed by atoms with van der Waals surface area (Å²) in [5.74, 6) is -0.809. The molecule has 3 N–H and O–H groups in total. The molecule has 0 aromatic carbocycles. The van der Waals surface area contributed by atoms with Crippen molar-refractivity contribution in [1.29, 1.82) is 0 Å². The Kier molecular flexibility index (Phi) is 67.9. The summed E-state index contributed by atoms with van der Waals surface area (Å²) >= 11 is 0. The summed E-state index contributed by atoms with van der Waals surface area (Å²) in [6.45, 7) is 3.80. The minimum atomic E-state index is -4.39. The highest BCUT2D eigenvalue weighted by molar-refractivity contribution is 7.47. The summed E-state index contributed by atoms with van der Waals surface area (Å²) < 4.78 is 33.2. The molecule has 10 heteroatoms. The Morgan fingerprint density at radius 1 is 0.361 bits per heavy atom. The van der Waals surface area contributed by atoms with Crippen LogP contribution in [0.2, 0.25) is 0 Å². The number of hydrogen-bond donors (Lipinski definition) is 2. The highest BCUT2D eigenvalue weighted by Crippen LogP contribution is 2.43. The predicted octanol–water partition coefficient (Wildman–Crippen LogP) is 23.9. The van der Waals surface area contributed by atoms with Crippen molar-refractivity contribution >= 4 is 19.8 Å². The largest absolute Gasteiger partial charge is 0.472 e. The molecule has 9 nitrogen and oxygen atoms in total. The van der Waals surface area contributed by atoms with E-state index in [0.29, 0.717) is 6.42 Å². The molecule has 0 spiro atoms. The summed E-state index contributed by atoms with van der Waals surface area (Å²) in [7, 11) is -4.39. The highest BCUT2D eigenvalue weighted by Gasteiger charge is 2.26. The van der Waals surface area contributed by atoms with E-state index in [0.717, 1.165) is 38.5 Å². The Bertz CT molecular complexity index is 1450. The molecule has 0 aliphatic heterocycles. The zero-order valence-electron chi connectivity index (χ0n) is 55.2. The Hall–Kier alpha value is -1.77. The van der Waals surface area contributed by atoms with Crippen LogP contribution in [0.1, 0.15) is 386 Å². The zero-order valence-corrected chi connectivity index (χ0v) is 56.1. The fourth-order valence-corrected chi connectivity index (χ4v) is 11.8. The first-order chi connectivity index (χ1) is 40.8. The second-order valence-corrected chi connectivity index (χ2v) is 26.3. The van der Waals surface area contributed by atoms with E-state index < -0.39 is 26.5 Å². The molecule has 0 fully saturated rings. The molecule has 0 saturated heterocycles. The van der Waals surface area contributed by atoms with Gasteiger partial charge in [0.1, 0.15) is 6.61 Å². The van der Waals surface area contributed by atoms with E-state index in [1.165, 1.54) is 315 Å². The van der Waals surface area contributed by atoms with Crippen LogP contribution >= 0.6 is 7.82 Å². The van der Waals surface area contributed by atoms with Crippen molar-refractivity contribution in [2.45, 2.75) is 392 Å². The molecule has 0 heterocycles. The molecule has 2 atom stereocenters. The smallest absolute Gasteiger partial charge is 0.462 e. The molecule has 0 aromatic rings. The van der Waals surface area contributed by atoms with Crippen LogP contribution < -0.4 is 5.73 Å². The van der Waals surface area contributed by atoms with Gasteiger partial charge in [-0.2, -0.15) is 0 Å². The van der Waals surface area contributed by atoms with Gasteiger partial charge in [0.05, 0.1) is 13.2 Å². The molecular formula is C73H140NO8P. The number of phosphoric ester groups is 1. The molecule has 0 radical (unpaired) electrons. The third-order valence-corrected chi connectivity index (χ3v) is 17.5. The molecule has 0 amide bonds. The van der Waals surface area contributed by atoms with Crippen LogP contribution in [0.4, 0.5) is 0 Å². The van der Waals surface area contributed by atoms with Crippen LogP contribution in [-0.2, 0) is 32.7 Å². The number of phosphoric acid groups is 1. The summed E-state index contributed by atoms with van der Waals surface area (Å²) in [6.07, 6.45) is 87.0. The number of unbranched alkanes of at least 4 members (excludes halogenated alkanes) is 51. The first-order valence-corrected chi connectivity index (χ1v) is 38.0. The minimum Gasteiger partial charge on any atom is -0.462 e. The maximum atomic E-state index is 12.8. The van der Waals surface area contributed by atoms with Crippen LogP contribution in [0, 0.1) is 0 Å². The lowest BCUT2D eigenvalue weighted by Crippen LogP contribution is -2.29. The quantitative estimate of drug-likeness (QED) is 0.0264. The van der Waals surface area contributed by atoms with Crippen molar-refractivity contribution in [3.63, 3.8) is 0 Å². The zero-order chi connectivity index (χ0) is 60.1. The van der Waals surface area contributed by atoms with Gasteiger partial charge in [-0.1, -0.05) is 339 Å². The van der Waals surface area contributed by atoms with Crippen molar-refractivity contribution in [1.82, 2.24) is 0 Å². The topological polar surface area (TPSA) is 134 Å². The average molecular weight is 1190 g/mol. The molecule has 2 unspecified atom stereocenters. The average Bonchev–Trinajstić information content (AvgIpc) is 3.49. The van der Waals surface area contributed by atoms with Gasteiger partial charge in [-0.05, 0) is 70.6 Å². The van der Waals surface area contributed by atoms with Crippen molar-refractivity contribution in [3.8, 4) is 0 Å². The maximum absolute atomic E-state index is 12.8. The molecule has 0 aliphatic rings. The first kappa shape index (κ1) is 81.2. The molecule has 0 aromatic heterocycles. The van der Waals surface area contributed by atoms with E-state index in [2.05, 4.69) is 50.3 Å². The lowest BCUT2D eigenvalue weighted by molar-refractivity contribution is -0.161. The normalized spacial score (nSPS) is 13.1. The summed E-state index contributed by atoms with van der Waals surface area (Å²) in [6, 6.07) is 0. The number of hydrogen-bond acceptors (Lipinski definition) is 8. The maximum Gasteiger partial charge on any atom is 0.472 e. The predicted molar refractivity (Wildman–Crippen MR) is 358 cm³/mol. The SMILES string of the molecule is CCCCCCC/C=C\C/C=C\CCCCCCCCCCCCCCCCCCCCCCCCCCCCCCCC(=O)OC(COC(=O)CCCCCCCCCCC/C=C\CCCCCCCCCC)COP(=O)(O)OCCN. The molecular weight excluding hydrogens is 1050 g/mol. The van der Waals surface area contributed by atoms with E-state index in [-0.39, 0.29) is 38.6 Å². The van der Waals surface area contributed by atoms with Crippen molar-refractivity contribution in [3.05, 3.63) is 36.5 Å². The third kappa shape index (κ3) is 69.2. The summed E-state index contributed by atoms with van der Waals surface area (Å²) in [5.41, 5.74) is 5.40. The Labute approximate surface area is 515 Å². The summed E-state index contributed by atoms with van der Waals surface area (Å²) in [4.78, 5) is 35.3. The number of ether oxygens (including phenoxy) is 2. The first-order valence-electron chi connectivity index (χ1n) is 36.5. The molecule has 0 bridgehead atoms. The lowest BCUT2D eigenvalue weighted by Gasteiger charge is -2.19. The molecule has 0 rings (SSSR count). The standard InChI is InChI=1S/C73H140NO8P/c1-3-5-7-9-11-13-15-17-19-21-23-25-26-27-28-29-30-31-32-33-34-35-36-37-38-39-40-41-42-43-44-46-48-50-52-54-56-58-60-62-64-66-73(76)82-71(70-81-83(77,78)80-68-67-74)69-79-72(75)65-63-61-59-57-55-53-51-49-47-45-24-22-20-18-16-14-12-10-8-6-4-2/h15,17,21-24,71H,3-14,16,18-20,25-70,74H2,1-2H3,(H,77,78)/b17-15-,23-21-,24-22-. The number of esters is 2. The molecule has 490 valence electrons. The number of carbonyl (C=O) groups is 2. The van der Waals surface area contributed by atoms with Crippen LogP contribution in [0.15, 0.2) is 36.5 Å². The van der Waals surface area contributed by atoms with E-state index in [1.54, 1.807) is 0 Å². The number of rotatable bonds is 70. The van der Waals surface area contributed by atoms with E-state index in [1.807, 2.05) is 0 Å². The molecule has 83 heavy (non-hydrogen) atoms. The van der Waals surface area contributed by atoms with Gasteiger partial charge in [-0.15, -0.1) is 0 Å². The van der Waals surface area contributed by atoms with Gasteiger partial charge in [-0.25, -0.2) is 4.57 Å². The molecule has 0 saturated carbocycles.